The molecule has 8 heteroatoms. The van der Waals surface area contributed by atoms with E-state index in [1.54, 1.807) is 0 Å². The molecule has 0 spiro atoms. The standard InChI is InChI=1S/C15H10ClF3O4/c16-10-5-8(3-1-2-4-20)12-9(6-10)7-11(14(21)22)13(23-12)15(17,18)19/h5-7,13,20H,2,4H2,(H,21,22). The Labute approximate surface area is 134 Å². The fourth-order valence-electron chi connectivity index (χ4n) is 2.00. The molecule has 23 heavy (non-hydrogen) atoms. The topological polar surface area (TPSA) is 66.8 Å². The molecular formula is C15H10ClF3O4. The van der Waals surface area contributed by atoms with Gasteiger partial charge < -0.3 is 14.9 Å². The Kier molecular flexibility index (Phi) is 4.88. The number of carbonyl (C=O) groups is 1. The highest BCUT2D eigenvalue weighted by Gasteiger charge is 2.48. The van der Waals surface area contributed by atoms with Crippen molar-refractivity contribution in [3.05, 3.63) is 33.9 Å². The summed E-state index contributed by atoms with van der Waals surface area (Å²) in [6, 6.07) is 2.61. The van der Waals surface area contributed by atoms with Gasteiger partial charge in [0, 0.05) is 17.0 Å². The van der Waals surface area contributed by atoms with Gasteiger partial charge in [0.25, 0.3) is 0 Å². The second-order valence-electron chi connectivity index (χ2n) is 4.59. The Bertz CT molecular complexity index is 729. The van der Waals surface area contributed by atoms with Gasteiger partial charge in [-0.05, 0) is 18.2 Å². The van der Waals surface area contributed by atoms with Gasteiger partial charge >= 0.3 is 12.1 Å². The number of hydrogen-bond donors (Lipinski definition) is 2. The van der Waals surface area contributed by atoms with Crippen LogP contribution >= 0.6 is 11.6 Å². The Morgan fingerprint density at radius 3 is 2.65 bits per heavy atom. The number of hydrogen-bond acceptors (Lipinski definition) is 3. The van der Waals surface area contributed by atoms with Crippen LogP contribution in [-0.4, -0.2) is 35.1 Å². The number of ether oxygens (including phenoxy) is 1. The highest BCUT2D eigenvalue weighted by atomic mass is 35.5. The molecule has 122 valence electrons. The minimum Gasteiger partial charge on any atom is -0.478 e. The van der Waals surface area contributed by atoms with Crippen LogP contribution in [0, 0.1) is 11.8 Å². The second-order valence-corrected chi connectivity index (χ2v) is 5.03. The van der Waals surface area contributed by atoms with Crippen molar-refractivity contribution < 1.29 is 32.9 Å². The van der Waals surface area contributed by atoms with Gasteiger partial charge in [0.1, 0.15) is 5.75 Å². The van der Waals surface area contributed by atoms with E-state index in [1.165, 1.54) is 12.1 Å². The largest absolute Gasteiger partial charge is 0.478 e. The minimum absolute atomic E-state index is 0.0934. The van der Waals surface area contributed by atoms with Gasteiger partial charge in [-0.15, -0.1) is 0 Å². The van der Waals surface area contributed by atoms with Crippen LogP contribution in [0.4, 0.5) is 13.2 Å². The molecule has 0 aliphatic carbocycles. The molecule has 0 saturated carbocycles. The van der Waals surface area contributed by atoms with E-state index in [2.05, 4.69) is 11.8 Å². The van der Waals surface area contributed by atoms with E-state index in [-0.39, 0.29) is 34.9 Å². The molecule has 2 rings (SSSR count). The van der Waals surface area contributed by atoms with Crippen molar-refractivity contribution in [3.8, 4) is 17.6 Å². The quantitative estimate of drug-likeness (QED) is 0.808. The molecule has 0 bridgehead atoms. The summed E-state index contributed by atoms with van der Waals surface area (Å²) >= 11 is 5.88. The Balaban J connectivity index is 2.59. The maximum absolute atomic E-state index is 13.0. The number of aliphatic hydroxyl groups excluding tert-OH is 1. The van der Waals surface area contributed by atoms with Gasteiger partial charge in [0.15, 0.2) is 0 Å². The van der Waals surface area contributed by atoms with Crippen molar-refractivity contribution in [1.29, 1.82) is 0 Å². The fourth-order valence-corrected chi connectivity index (χ4v) is 2.23. The van der Waals surface area contributed by atoms with Crippen molar-refractivity contribution in [3.63, 3.8) is 0 Å². The molecule has 1 aliphatic rings. The van der Waals surface area contributed by atoms with E-state index in [0.29, 0.717) is 0 Å². The number of rotatable bonds is 2. The molecule has 1 atom stereocenters. The number of carboxylic acids is 1. The van der Waals surface area contributed by atoms with Crippen molar-refractivity contribution in [1.82, 2.24) is 0 Å². The minimum atomic E-state index is -4.89. The molecule has 0 amide bonds. The second kappa shape index (κ2) is 6.52. The summed E-state index contributed by atoms with van der Waals surface area (Å²) in [5.41, 5.74) is -0.735. The number of aliphatic carboxylic acids is 1. The van der Waals surface area contributed by atoms with Gasteiger partial charge in [-0.2, -0.15) is 13.2 Å². The molecular weight excluding hydrogens is 337 g/mol. The Hall–Kier alpha value is -2.17. The molecule has 1 aromatic rings. The van der Waals surface area contributed by atoms with E-state index in [4.69, 9.17) is 26.6 Å². The van der Waals surface area contributed by atoms with E-state index in [0.717, 1.165) is 6.08 Å². The van der Waals surface area contributed by atoms with Gasteiger partial charge in [-0.25, -0.2) is 4.79 Å². The molecule has 0 aromatic heterocycles. The van der Waals surface area contributed by atoms with Crippen LogP contribution in [0.2, 0.25) is 5.02 Å². The first-order chi connectivity index (χ1) is 10.7. The van der Waals surface area contributed by atoms with Crippen LogP contribution < -0.4 is 4.74 Å². The van der Waals surface area contributed by atoms with Crippen LogP contribution in [0.5, 0.6) is 5.75 Å². The zero-order valence-corrected chi connectivity index (χ0v) is 12.2. The number of halogens is 4. The van der Waals surface area contributed by atoms with Crippen LogP contribution in [0.3, 0.4) is 0 Å². The average Bonchev–Trinajstić information content (AvgIpc) is 2.44. The summed E-state index contributed by atoms with van der Waals surface area (Å²) in [7, 11) is 0. The maximum Gasteiger partial charge on any atom is 0.430 e. The predicted molar refractivity (Wildman–Crippen MR) is 76.1 cm³/mol. The summed E-state index contributed by atoms with van der Waals surface area (Å²) in [5.74, 6) is 3.21. The zero-order valence-electron chi connectivity index (χ0n) is 11.4. The summed E-state index contributed by atoms with van der Waals surface area (Å²) in [5, 5.41) is 17.8. The number of alkyl halides is 3. The molecule has 0 fully saturated rings. The van der Waals surface area contributed by atoms with Crippen LogP contribution in [0.15, 0.2) is 17.7 Å². The van der Waals surface area contributed by atoms with Crippen molar-refractivity contribution in [2.75, 3.05) is 6.61 Å². The summed E-state index contributed by atoms with van der Waals surface area (Å²) in [6.07, 6.45) is -6.48. The van der Waals surface area contributed by atoms with Gasteiger partial charge in [0.05, 0.1) is 17.7 Å². The summed E-state index contributed by atoms with van der Waals surface area (Å²) < 4.78 is 44.0. The molecule has 2 N–H and O–H groups in total. The third-order valence-electron chi connectivity index (χ3n) is 2.92. The van der Waals surface area contributed by atoms with E-state index < -0.39 is 23.8 Å². The lowest BCUT2D eigenvalue weighted by Crippen LogP contribution is -2.40. The first kappa shape index (κ1) is 17.2. The van der Waals surface area contributed by atoms with Crippen LogP contribution in [0.25, 0.3) is 6.08 Å². The predicted octanol–water partition coefficient (Wildman–Crippen LogP) is 2.87. The molecule has 1 unspecified atom stereocenters. The highest BCUT2D eigenvalue weighted by Crippen LogP contribution is 2.40. The Morgan fingerprint density at radius 1 is 1.39 bits per heavy atom. The maximum atomic E-state index is 13.0. The van der Waals surface area contributed by atoms with Gasteiger partial charge in [-0.3, -0.25) is 0 Å². The normalized spacial score (nSPS) is 16.6. The number of aliphatic hydroxyl groups is 1. The molecule has 0 radical (unpaired) electrons. The summed E-state index contributed by atoms with van der Waals surface area (Å²) in [6.45, 7) is -0.204. The number of benzene rings is 1. The molecule has 4 nitrogen and oxygen atoms in total. The zero-order chi connectivity index (χ0) is 17.2. The molecule has 1 aromatic carbocycles. The van der Waals surface area contributed by atoms with Crippen molar-refractivity contribution >= 4 is 23.6 Å². The monoisotopic (exact) mass is 346 g/mol. The SMILES string of the molecule is O=C(O)C1=Cc2cc(Cl)cc(C#CCCO)c2OC1C(F)(F)F. The van der Waals surface area contributed by atoms with Crippen molar-refractivity contribution in [2.45, 2.75) is 18.7 Å². The first-order valence-electron chi connectivity index (χ1n) is 6.35. The molecule has 1 aliphatic heterocycles. The number of carboxylic acid groups (broad SMARTS) is 1. The highest BCUT2D eigenvalue weighted by molar-refractivity contribution is 6.31. The third-order valence-corrected chi connectivity index (χ3v) is 3.13. The van der Waals surface area contributed by atoms with E-state index in [1.807, 2.05) is 0 Å². The fraction of sp³-hybridized carbons (Fsp3) is 0.267. The van der Waals surface area contributed by atoms with Gasteiger partial charge in [-0.1, -0.05) is 23.4 Å². The first-order valence-corrected chi connectivity index (χ1v) is 6.73. The smallest absolute Gasteiger partial charge is 0.430 e. The number of fused-ring (bicyclic) bond motifs is 1. The molecule has 1 heterocycles. The van der Waals surface area contributed by atoms with E-state index >= 15 is 0 Å². The molecule has 0 saturated heterocycles. The van der Waals surface area contributed by atoms with E-state index in [9.17, 15) is 18.0 Å². The Morgan fingerprint density at radius 2 is 2.09 bits per heavy atom. The van der Waals surface area contributed by atoms with Crippen LogP contribution in [0.1, 0.15) is 17.5 Å². The third kappa shape index (κ3) is 3.78. The lowest BCUT2D eigenvalue weighted by molar-refractivity contribution is -0.187. The van der Waals surface area contributed by atoms with Crippen LogP contribution in [-0.2, 0) is 4.79 Å². The lowest BCUT2D eigenvalue weighted by atomic mass is 9.99. The average molecular weight is 347 g/mol. The van der Waals surface area contributed by atoms with Gasteiger partial charge in [0.2, 0.25) is 6.10 Å². The van der Waals surface area contributed by atoms with Crippen molar-refractivity contribution in [2.24, 2.45) is 0 Å². The summed E-state index contributed by atoms with van der Waals surface area (Å²) in [4.78, 5) is 11.1. The lowest BCUT2D eigenvalue weighted by Gasteiger charge is -2.27.